The van der Waals surface area contributed by atoms with Crippen LogP contribution >= 0.6 is 15.9 Å². The Morgan fingerprint density at radius 3 is 2.94 bits per heavy atom. The van der Waals surface area contributed by atoms with Gasteiger partial charge in [-0.1, -0.05) is 13.8 Å². The van der Waals surface area contributed by atoms with Gasteiger partial charge in [-0.05, 0) is 15.9 Å². The number of carbonyl (C=O) groups excluding carboxylic acids is 1. The molecule has 2 aromatic heterocycles. The Kier molecular flexibility index (Phi) is 3.15. The molecule has 0 aliphatic carbocycles. The maximum atomic E-state index is 13.9. The molecule has 0 fully saturated rings. The first kappa shape index (κ1) is 12.0. The molecule has 0 aromatic carbocycles. The fourth-order valence-electron chi connectivity index (χ4n) is 1.41. The molecule has 0 aliphatic heterocycles. The smallest absolute Gasteiger partial charge is 0.226 e. The fourth-order valence-corrected chi connectivity index (χ4v) is 1.71. The van der Waals surface area contributed by atoms with Gasteiger partial charge in [-0.25, -0.2) is 9.37 Å². The van der Waals surface area contributed by atoms with Crippen molar-refractivity contribution in [2.24, 2.45) is 5.92 Å². The van der Waals surface area contributed by atoms with Crippen molar-refractivity contribution in [1.29, 1.82) is 0 Å². The van der Waals surface area contributed by atoms with Crippen LogP contribution in [0.3, 0.4) is 0 Å². The predicted molar refractivity (Wildman–Crippen MR) is 67.2 cm³/mol. The van der Waals surface area contributed by atoms with Gasteiger partial charge in [0.25, 0.3) is 0 Å². The number of halogens is 2. The minimum absolute atomic E-state index is 0.162. The number of hydrogen-bond acceptors (Lipinski definition) is 2. The van der Waals surface area contributed by atoms with E-state index in [1.54, 1.807) is 13.8 Å². The van der Waals surface area contributed by atoms with Gasteiger partial charge >= 0.3 is 0 Å². The van der Waals surface area contributed by atoms with Crippen LogP contribution in [-0.2, 0) is 4.79 Å². The van der Waals surface area contributed by atoms with Crippen molar-refractivity contribution in [1.82, 2.24) is 9.97 Å². The summed E-state index contributed by atoms with van der Waals surface area (Å²) in [6.45, 7) is 3.55. The molecule has 0 spiro atoms. The summed E-state index contributed by atoms with van der Waals surface area (Å²) in [7, 11) is 0. The van der Waals surface area contributed by atoms with Gasteiger partial charge in [0.05, 0.1) is 15.5 Å². The van der Waals surface area contributed by atoms with Gasteiger partial charge in [-0.2, -0.15) is 0 Å². The Hall–Kier alpha value is -1.43. The number of rotatable bonds is 2. The van der Waals surface area contributed by atoms with E-state index in [0.29, 0.717) is 11.3 Å². The Bertz CT molecular complexity index is 579. The van der Waals surface area contributed by atoms with Crippen LogP contribution in [0.4, 0.5) is 10.1 Å². The van der Waals surface area contributed by atoms with E-state index in [2.05, 4.69) is 31.2 Å². The van der Waals surface area contributed by atoms with Gasteiger partial charge in [-0.3, -0.25) is 4.79 Å². The third-order valence-corrected chi connectivity index (χ3v) is 2.93. The van der Waals surface area contributed by atoms with E-state index in [9.17, 15) is 9.18 Å². The molecular weight excluding hydrogens is 289 g/mol. The summed E-state index contributed by atoms with van der Waals surface area (Å²) in [6.07, 6.45) is 2.91. The third-order valence-electron chi connectivity index (χ3n) is 2.38. The van der Waals surface area contributed by atoms with E-state index in [-0.39, 0.29) is 21.7 Å². The molecule has 0 unspecified atom stereocenters. The number of anilines is 1. The van der Waals surface area contributed by atoms with Crippen molar-refractivity contribution in [3.05, 3.63) is 22.7 Å². The monoisotopic (exact) mass is 299 g/mol. The van der Waals surface area contributed by atoms with Gasteiger partial charge in [-0.15, -0.1) is 0 Å². The topological polar surface area (TPSA) is 57.8 Å². The van der Waals surface area contributed by atoms with Crippen LogP contribution in [0.2, 0.25) is 0 Å². The number of pyridine rings is 1. The molecule has 6 heteroatoms. The molecule has 0 radical (unpaired) electrons. The number of carbonyl (C=O) groups is 1. The first-order valence-corrected chi connectivity index (χ1v) is 5.92. The molecule has 90 valence electrons. The van der Waals surface area contributed by atoms with E-state index in [1.807, 2.05) is 0 Å². The van der Waals surface area contributed by atoms with Gasteiger partial charge in [0, 0.05) is 18.3 Å². The minimum Gasteiger partial charge on any atom is -0.344 e. The van der Waals surface area contributed by atoms with Crippen LogP contribution < -0.4 is 5.32 Å². The lowest BCUT2D eigenvalue weighted by Gasteiger charge is -2.06. The molecular formula is C11H11BrFN3O. The summed E-state index contributed by atoms with van der Waals surface area (Å²) < 4.78 is 14.2. The number of nitrogens with one attached hydrogen (secondary N) is 2. The average Bonchev–Trinajstić information content (AvgIpc) is 2.67. The number of amides is 1. The molecule has 2 rings (SSSR count). The summed E-state index contributed by atoms with van der Waals surface area (Å²) >= 11 is 3.07. The number of aromatic amines is 1. The number of fused-ring (bicyclic) bond motifs is 1. The lowest BCUT2D eigenvalue weighted by molar-refractivity contribution is -0.118. The summed E-state index contributed by atoms with van der Waals surface area (Å²) in [5, 5.41) is 2.95. The van der Waals surface area contributed by atoms with Crippen molar-refractivity contribution in [3.8, 4) is 0 Å². The highest BCUT2D eigenvalue weighted by atomic mass is 79.9. The van der Waals surface area contributed by atoms with Gasteiger partial charge in [0.1, 0.15) is 5.65 Å². The molecule has 0 saturated heterocycles. The van der Waals surface area contributed by atoms with E-state index >= 15 is 0 Å². The zero-order valence-corrected chi connectivity index (χ0v) is 10.9. The molecule has 2 heterocycles. The van der Waals surface area contributed by atoms with Gasteiger partial charge in [0.15, 0.2) is 5.82 Å². The molecule has 0 saturated carbocycles. The zero-order chi connectivity index (χ0) is 12.6. The first-order valence-electron chi connectivity index (χ1n) is 5.12. The van der Waals surface area contributed by atoms with Crippen molar-refractivity contribution in [2.75, 3.05) is 5.32 Å². The third kappa shape index (κ3) is 2.17. The fraction of sp³-hybridized carbons (Fsp3) is 0.273. The highest BCUT2D eigenvalue weighted by Gasteiger charge is 2.15. The molecule has 0 aliphatic rings. The molecule has 4 nitrogen and oxygen atoms in total. The summed E-state index contributed by atoms with van der Waals surface area (Å²) in [4.78, 5) is 18.4. The molecule has 17 heavy (non-hydrogen) atoms. The molecule has 0 atom stereocenters. The summed E-state index contributed by atoms with van der Waals surface area (Å²) in [6, 6.07) is 0. The van der Waals surface area contributed by atoms with E-state index in [0.717, 1.165) is 0 Å². The highest BCUT2D eigenvalue weighted by molar-refractivity contribution is 9.10. The number of H-pyrrole nitrogens is 1. The van der Waals surface area contributed by atoms with Crippen molar-refractivity contribution < 1.29 is 9.18 Å². The lowest BCUT2D eigenvalue weighted by atomic mass is 10.2. The van der Waals surface area contributed by atoms with E-state index in [4.69, 9.17) is 0 Å². The second-order valence-corrected chi connectivity index (χ2v) is 4.84. The normalized spacial score (nSPS) is 11.1. The second kappa shape index (κ2) is 4.44. The Morgan fingerprint density at radius 1 is 1.59 bits per heavy atom. The zero-order valence-electron chi connectivity index (χ0n) is 9.34. The second-order valence-electron chi connectivity index (χ2n) is 3.99. The average molecular weight is 300 g/mol. The summed E-state index contributed by atoms with van der Waals surface area (Å²) in [5.74, 6) is -0.760. The maximum Gasteiger partial charge on any atom is 0.226 e. The molecule has 0 bridgehead atoms. The SMILES string of the molecule is CC(C)C(=O)Nc1c[nH]c2ncc(Br)c(F)c12. The van der Waals surface area contributed by atoms with Crippen LogP contribution in [-0.4, -0.2) is 15.9 Å². The molecule has 2 aromatic rings. The van der Waals surface area contributed by atoms with Crippen molar-refractivity contribution in [3.63, 3.8) is 0 Å². The molecule has 2 N–H and O–H groups in total. The lowest BCUT2D eigenvalue weighted by Crippen LogP contribution is -2.17. The van der Waals surface area contributed by atoms with Crippen LogP contribution in [0, 0.1) is 11.7 Å². The van der Waals surface area contributed by atoms with Crippen LogP contribution in [0.1, 0.15) is 13.8 Å². The Labute approximate surface area is 106 Å². The largest absolute Gasteiger partial charge is 0.344 e. The number of aromatic nitrogens is 2. The van der Waals surface area contributed by atoms with Crippen LogP contribution in [0.25, 0.3) is 11.0 Å². The predicted octanol–water partition coefficient (Wildman–Crippen LogP) is 3.06. The minimum atomic E-state index is -0.435. The summed E-state index contributed by atoms with van der Waals surface area (Å²) in [5.41, 5.74) is 0.815. The van der Waals surface area contributed by atoms with Crippen LogP contribution in [0.5, 0.6) is 0 Å². The Balaban J connectivity index is 2.48. The first-order chi connectivity index (χ1) is 8.00. The standard InChI is InChI=1S/C11H11BrFN3O/c1-5(2)11(17)16-7-4-15-10-8(7)9(13)6(12)3-14-10/h3-5H,1-2H3,(H,14,15)(H,16,17). The number of hydrogen-bond donors (Lipinski definition) is 2. The van der Waals surface area contributed by atoms with Crippen molar-refractivity contribution >= 4 is 38.6 Å². The van der Waals surface area contributed by atoms with Crippen molar-refractivity contribution in [2.45, 2.75) is 13.8 Å². The Morgan fingerprint density at radius 2 is 2.29 bits per heavy atom. The van der Waals surface area contributed by atoms with Gasteiger partial charge in [0.2, 0.25) is 5.91 Å². The van der Waals surface area contributed by atoms with E-state index in [1.165, 1.54) is 12.4 Å². The maximum absolute atomic E-state index is 13.9. The van der Waals surface area contributed by atoms with Crippen LogP contribution in [0.15, 0.2) is 16.9 Å². The highest BCUT2D eigenvalue weighted by Crippen LogP contribution is 2.29. The number of nitrogens with zero attached hydrogens (tertiary/aromatic N) is 1. The quantitative estimate of drug-likeness (QED) is 0.895. The van der Waals surface area contributed by atoms with E-state index < -0.39 is 5.82 Å². The molecule has 1 amide bonds. The van der Waals surface area contributed by atoms with Gasteiger partial charge < -0.3 is 10.3 Å².